The molecule has 0 saturated carbocycles. The summed E-state index contributed by atoms with van der Waals surface area (Å²) in [6, 6.07) is 8.52. The molecule has 18 heavy (non-hydrogen) atoms. The predicted octanol–water partition coefficient (Wildman–Crippen LogP) is 3.81. The van der Waals surface area contributed by atoms with E-state index in [1.54, 1.807) is 11.8 Å². The zero-order valence-electron chi connectivity index (χ0n) is 10.9. The van der Waals surface area contributed by atoms with Gasteiger partial charge in [-0.05, 0) is 36.9 Å². The lowest BCUT2D eigenvalue weighted by Gasteiger charge is -2.09. The summed E-state index contributed by atoms with van der Waals surface area (Å²) in [5.41, 5.74) is 1.14. The van der Waals surface area contributed by atoms with Gasteiger partial charge in [0, 0.05) is 29.5 Å². The molecule has 0 unspecified atom stereocenters. The van der Waals surface area contributed by atoms with Crippen LogP contribution in [0.2, 0.25) is 0 Å². The number of imidazole rings is 1. The van der Waals surface area contributed by atoms with Crippen molar-refractivity contribution >= 4 is 17.7 Å². The van der Waals surface area contributed by atoms with Crippen molar-refractivity contribution < 1.29 is 0 Å². The third kappa shape index (κ3) is 3.07. The van der Waals surface area contributed by atoms with Crippen molar-refractivity contribution in [3.63, 3.8) is 0 Å². The van der Waals surface area contributed by atoms with E-state index in [1.165, 1.54) is 11.3 Å². The summed E-state index contributed by atoms with van der Waals surface area (Å²) >= 11 is 1.76. The number of anilines is 1. The van der Waals surface area contributed by atoms with Gasteiger partial charge in [-0.15, -0.1) is 11.8 Å². The highest BCUT2D eigenvalue weighted by atomic mass is 32.2. The smallest absolute Gasteiger partial charge is 0.207 e. The minimum Gasteiger partial charge on any atom is -0.355 e. The number of hydrogen-bond donors (Lipinski definition) is 1. The molecule has 4 heteroatoms. The van der Waals surface area contributed by atoms with Crippen LogP contribution in [0.3, 0.4) is 0 Å². The molecule has 0 bridgehead atoms. The SMILES string of the molecule is CCCCNc1nccn1-c1ccc(SC)cc1. The summed E-state index contributed by atoms with van der Waals surface area (Å²) in [6.07, 6.45) is 8.26. The van der Waals surface area contributed by atoms with Crippen LogP contribution in [-0.4, -0.2) is 22.4 Å². The maximum absolute atomic E-state index is 4.35. The van der Waals surface area contributed by atoms with Gasteiger partial charge in [-0.25, -0.2) is 4.98 Å². The summed E-state index contributed by atoms with van der Waals surface area (Å²) in [5.74, 6) is 0.917. The molecule has 1 heterocycles. The van der Waals surface area contributed by atoms with Crippen LogP contribution in [0.25, 0.3) is 5.69 Å². The monoisotopic (exact) mass is 261 g/mol. The van der Waals surface area contributed by atoms with Crippen LogP contribution in [0.1, 0.15) is 19.8 Å². The van der Waals surface area contributed by atoms with E-state index in [2.05, 4.69) is 52.3 Å². The van der Waals surface area contributed by atoms with Gasteiger partial charge in [0.05, 0.1) is 0 Å². The molecule has 0 aliphatic rings. The zero-order chi connectivity index (χ0) is 12.8. The number of aromatic nitrogens is 2. The number of nitrogens with one attached hydrogen (secondary N) is 1. The lowest BCUT2D eigenvalue weighted by molar-refractivity contribution is 0.823. The normalized spacial score (nSPS) is 10.6. The Hall–Kier alpha value is -1.42. The van der Waals surface area contributed by atoms with E-state index in [0.717, 1.165) is 24.6 Å². The number of hydrogen-bond acceptors (Lipinski definition) is 3. The first-order chi connectivity index (χ1) is 8.85. The van der Waals surface area contributed by atoms with Gasteiger partial charge in [-0.1, -0.05) is 13.3 Å². The first-order valence-electron chi connectivity index (χ1n) is 6.26. The van der Waals surface area contributed by atoms with Gasteiger partial charge in [0.15, 0.2) is 0 Å². The average Bonchev–Trinajstić information content (AvgIpc) is 2.88. The second-order valence-electron chi connectivity index (χ2n) is 4.10. The van der Waals surface area contributed by atoms with E-state index in [0.29, 0.717) is 0 Å². The average molecular weight is 261 g/mol. The summed E-state index contributed by atoms with van der Waals surface area (Å²) in [4.78, 5) is 5.63. The number of unbranched alkanes of at least 4 members (excludes halogenated alkanes) is 1. The fourth-order valence-corrected chi connectivity index (χ4v) is 2.17. The van der Waals surface area contributed by atoms with Crippen molar-refractivity contribution in [3.8, 4) is 5.69 Å². The van der Waals surface area contributed by atoms with Crippen molar-refractivity contribution in [1.82, 2.24) is 9.55 Å². The first kappa shape index (κ1) is 13.0. The Morgan fingerprint density at radius 1 is 1.28 bits per heavy atom. The maximum Gasteiger partial charge on any atom is 0.207 e. The lowest BCUT2D eigenvalue weighted by atomic mass is 10.3. The van der Waals surface area contributed by atoms with Crippen LogP contribution in [-0.2, 0) is 0 Å². The molecule has 0 radical (unpaired) electrons. The first-order valence-corrected chi connectivity index (χ1v) is 7.49. The quantitative estimate of drug-likeness (QED) is 0.633. The van der Waals surface area contributed by atoms with Crippen molar-refractivity contribution in [2.24, 2.45) is 0 Å². The van der Waals surface area contributed by atoms with Gasteiger partial charge in [-0.2, -0.15) is 0 Å². The van der Waals surface area contributed by atoms with Crippen molar-refractivity contribution in [2.75, 3.05) is 18.1 Å². The van der Waals surface area contributed by atoms with Gasteiger partial charge in [0.25, 0.3) is 0 Å². The highest BCUT2D eigenvalue weighted by molar-refractivity contribution is 7.98. The van der Waals surface area contributed by atoms with E-state index >= 15 is 0 Å². The molecule has 0 amide bonds. The molecular weight excluding hydrogens is 242 g/mol. The fraction of sp³-hybridized carbons (Fsp3) is 0.357. The number of rotatable bonds is 6. The van der Waals surface area contributed by atoms with Crippen molar-refractivity contribution in [2.45, 2.75) is 24.7 Å². The number of thioether (sulfide) groups is 1. The molecular formula is C14H19N3S. The molecule has 0 atom stereocenters. The topological polar surface area (TPSA) is 29.9 Å². The minimum atomic E-state index is 0.917. The molecule has 1 N–H and O–H groups in total. The van der Waals surface area contributed by atoms with Crippen LogP contribution in [0.5, 0.6) is 0 Å². The van der Waals surface area contributed by atoms with E-state index in [-0.39, 0.29) is 0 Å². The second-order valence-corrected chi connectivity index (χ2v) is 4.98. The molecule has 1 aromatic heterocycles. The largest absolute Gasteiger partial charge is 0.355 e. The second kappa shape index (κ2) is 6.50. The van der Waals surface area contributed by atoms with E-state index < -0.39 is 0 Å². The number of benzene rings is 1. The van der Waals surface area contributed by atoms with Crippen LogP contribution in [0, 0.1) is 0 Å². The molecule has 0 fully saturated rings. The zero-order valence-corrected chi connectivity index (χ0v) is 11.7. The van der Waals surface area contributed by atoms with Gasteiger partial charge in [0.2, 0.25) is 5.95 Å². The molecule has 0 saturated heterocycles. The predicted molar refractivity (Wildman–Crippen MR) is 78.7 cm³/mol. The standard InChI is InChI=1S/C14H19N3S/c1-3-4-9-15-14-16-10-11-17(14)12-5-7-13(18-2)8-6-12/h5-8,10-11H,3-4,9H2,1-2H3,(H,15,16). The molecule has 0 aliphatic carbocycles. The molecule has 0 aliphatic heterocycles. The third-order valence-corrected chi connectivity index (χ3v) is 3.55. The Balaban J connectivity index is 2.14. The summed E-state index contributed by atoms with van der Waals surface area (Å²) in [5, 5.41) is 3.37. The van der Waals surface area contributed by atoms with Crippen LogP contribution in [0.4, 0.5) is 5.95 Å². The highest BCUT2D eigenvalue weighted by Gasteiger charge is 2.03. The van der Waals surface area contributed by atoms with E-state index in [4.69, 9.17) is 0 Å². The highest BCUT2D eigenvalue weighted by Crippen LogP contribution is 2.19. The Morgan fingerprint density at radius 2 is 2.06 bits per heavy atom. The lowest BCUT2D eigenvalue weighted by Crippen LogP contribution is -2.07. The van der Waals surface area contributed by atoms with Gasteiger partial charge in [0.1, 0.15) is 0 Å². The van der Waals surface area contributed by atoms with Crippen LogP contribution < -0.4 is 5.32 Å². The van der Waals surface area contributed by atoms with Gasteiger partial charge in [-0.3, -0.25) is 4.57 Å². The van der Waals surface area contributed by atoms with Crippen molar-refractivity contribution in [1.29, 1.82) is 0 Å². The maximum atomic E-state index is 4.35. The Morgan fingerprint density at radius 3 is 2.72 bits per heavy atom. The summed E-state index contributed by atoms with van der Waals surface area (Å²) in [7, 11) is 0. The fourth-order valence-electron chi connectivity index (χ4n) is 1.76. The molecule has 2 aromatic rings. The molecule has 2 rings (SSSR count). The van der Waals surface area contributed by atoms with Crippen molar-refractivity contribution in [3.05, 3.63) is 36.7 Å². The van der Waals surface area contributed by atoms with Gasteiger partial charge < -0.3 is 5.32 Å². The summed E-state index contributed by atoms with van der Waals surface area (Å²) in [6.45, 7) is 3.16. The Kier molecular flexibility index (Phi) is 4.70. The number of nitrogens with zero attached hydrogens (tertiary/aromatic N) is 2. The molecule has 1 aromatic carbocycles. The van der Waals surface area contributed by atoms with E-state index in [9.17, 15) is 0 Å². The van der Waals surface area contributed by atoms with Gasteiger partial charge >= 0.3 is 0 Å². The van der Waals surface area contributed by atoms with Crippen LogP contribution >= 0.6 is 11.8 Å². The molecule has 96 valence electrons. The van der Waals surface area contributed by atoms with Crippen LogP contribution in [0.15, 0.2) is 41.6 Å². The Bertz CT molecular complexity index is 476. The third-order valence-electron chi connectivity index (χ3n) is 2.80. The minimum absolute atomic E-state index is 0.917. The molecule has 3 nitrogen and oxygen atoms in total. The van der Waals surface area contributed by atoms with E-state index in [1.807, 2.05) is 12.4 Å². The summed E-state index contributed by atoms with van der Waals surface area (Å²) < 4.78 is 2.08. The molecule has 0 spiro atoms. The Labute approximate surface area is 113 Å².